The molecule has 0 unspecified atom stereocenters. The van der Waals surface area contributed by atoms with E-state index in [9.17, 15) is 4.79 Å². The Morgan fingerprint density at radius 1 is 1.47 bits per heavy atom. The number of rotatable bonds is 6. The minimum absolute atomic E-state index is 0.124. The molecule has 0 atom stereocenters. The molecular weight excluding hydrogens is 218 g/mol. The number of nitrogens with two attached hydrogens (primary N) is 1. The van der Waals surface area contributed by atoms with E-state index in [1.165, 1.54) is 6.20 Å². The van der Waals surface area contributed by atoms with Crippen LogP contribution in [0.3, 0.4) is 0 Å². The van der Waals surface area contributed by atoms with Gasteiger partial charge in [0.25, 0.3) is 5.91 Å². The smallest absolute Gasteiger partial charge is 0.272 e. The molecule has 94 valence electrons. The maximum atomic E-state index is 11.9. The van der Waals surface area contributed by atoms with Crippen LogP contribution in [-0.4, -0.2) is 41.1 Å². The van der Waals surface area contributed by atoms with E-state index in [-0.39, 0.29) is 12.5 Å². The number of unbranched alkanes of at least 4 members (excludes halogenated alkanes) is 2. The highest BCUT2D eigenvalue weighted by Gasteiger charge is 2.12. The zero-order valence-electron chi connectivity index (χ0n) is 10.1. The molecule has 0 bridgehead atoms. The molecule has 1 aromatic heterocycles. The molecule has 0 aromatic carbocycles. The summed E-state index contributed by atoms with van der Waals surface area (Å²) in [6.45, 7) is 0.865. The van der Waals surface area contributed by atoms with Gasteiger partial charge < -0.3 is 15.7 Å². The third kappa shape index (κ3) is 4.40. The van der Waals surface area contributed by atoms with Gasteiger partial charge in [0.2, 0.25) is 0 Å². The van der Waals surface area contributed by atoms with Gasteiger partial charge >= 0.3 is 0 Å². The SMILES string of the molecule is CN(CCCCCO)C(=O)c1cc(N)ccn1. The van der Waals surface area contributed by atoms with Crippen molar-refractivity contribution in [3.05, 3.63) is 24.0 Å². The van der Waals surface area contributed by atoms with Gasteiger partial charge in [-0.3, -0.25) is 9.78 Å². The number of carbonyl (C=O) groups excluding carboxylic acids is 1. The average molecular weight is 237 g/mol. The first-order chi connectivity index (χ1) is 8.15. The van der Waals surface area contributed by atoms with Crippen LogP contribution in [-0.2, 0) is 0 Å². The number of aliphatic hydroxyl groups excluding tert-OH is 1. The Morgan fingerprint density at radius 3 is 2.88 bits per heavy atom. The summed E-state index contributed by atoms with van der Waals surface area (Å²) in [6.07, 6.45) is 4.10. The fourth-order valence-electron chi connectivity index (χ4n) is 1.50. The number of pyridine rings is 1. The molecule has 1 aromatic rings. The summed E-state index contributed by atoms with van der Waals surface area (Å²) in [5.74, 6) is -0.124. The number of amides is 1. The summed E-state index contributed by atoms with van der Waals surface area (Å²) in [5, 5.41) is 8.64. The fourth-order valence-corrected chi connectivity index (χ4v) is 1.50. The van der Waals surface area contributed by atoms with Crippen LogP contribution in [0.15, 0.2) is 18.3 Å². The Kier molecular flexibility index (Phi) is 5.42. The van der Waals surface area contributed by atoms with Crippen LogP contribution in [0.25, 0.3) is 0 Å². The summed E-state index contributed by atoms with van der Waals surface area (Å²) < 4.78 is 0. The molecular formula is C12H19N3O2. The van der Waals surface area contributed by atoms with Crippen LogP contribution in [0.2, 0.25) is 0 Å². The number of hydrogen-bond donors (Lipinski definition) is 2. The van der Waals surface area contributed by atoms with Crippen molar-refractivity contribution in [2.24, 2.45) is 0 Å². The van der Waals surface area contributed by atoms with Crippen LogP contribution in [0.4, 0.5) is 5.69 Å². The lowest BCUT2D eigenvalue weighted by atomic mass is 10.2. The maximum absolute atomic E-state index is 11.9. The van der Waals surface area contributed by atoms with Crippen LogP contribution < -0.4 is 5.73 Å². The molecule has 0 fully saturated rings. The third-order valence-electron chi connectivity index (χ3n) is 2.50. The fraction of sp³-hybridized carbons (Fsp3) is 0.500. The van der Waals surface area contributed by atoms with Gasteiger partial charge in [-0.25, -0.2) is 0 Å². The van der Waals surface area contributed by atoms with E-state index >= 15 is 0 Å². The standard InChI is InChI=1S/C12H19N3O2/c1-15(7-3-2-4-8-16)12(17)11-9-10(13)5-6-14-11/h5-6,9,16H,2-4,7-8H2,1H3,(H2,13,14). The van der Waals surface area contributed by atoms with Gasteiger partial charge in [0.05, 0.1) is 0 Å². The third-order valence-corrected chi connectivity index (χ3v) is 2.50. The van der Waals surface area contributed by atoms with Gasteiger partial charge in [-0.15, -0.1) is 0 Å². The highest BCUT2D eigenvalue weighted by molar-refractivity contribution is 5.92. The molecule has 5 nitrogen and oxygen atoms in total. The Morgan fingerprint density at radius 2 is 2.24 bits per heavy atom. The number of hydrogen-bond acceptors (Lipinski definition) is 4. The summed E-state index contributed by atoms with van der Waals surface area (Å²) in [4.78, 5) is 17.5. The summed E-state index contributed by atoms with van der Waals surface area (Å²) in [6, 6.07) is 3.23. The zero-order chi connectivity index (χ0) is 12.7. The van der Waals surface area contributed by atoms with Crippen molar-refractivity contribution in [2.75, 3.05) is 25.9 Å². The molecule has 1 heterocycles. The lowest BCUT2D eigenvalue weighted by molar-refractivity contribution is 0.0786. The van der Waals surface area contributed by atoms with Gasteiger partial charge in [0.15, 0.2) is 0 Å². The molecule has 0 saturated heterocycles. The minimum Gasteiger partial charge on any atom is -0.399 e. The molecule has 0 aliphatic heterocycles. The van der Waals surface area contributed by atoms with Gasteiger partial charge in [-0.05, 0) is 31.4 Å². The van der Waals surface area contributed by atoms with Crippen LogP contribution in [0, 0.1) is 0 Å². The summed E-state index contributed by atoms with van der Waals surface area (Å²) >= 11 is 0. The molecule has 1 rings (SSSR count). The molecule has 0 radical (unpaired) electrons. The van der Waals surface area contributed by atoms with E-state index in [1.54, 1.807) is 24.1 Å². The average Bonchev–Trinajstić information content (AvgIpc) is 2.33. The first-order valence-corrected chi connectivity index (χ1v) is 5.73. The second-order valence-corrected chi connectivity index (χ2v) is 3.99. The summed E-state index contributed by atoms with van der Waals surface area (Å²) in [7, 11) is 1.74. The predicted molar refractivity (Wildman–Crippen MR) is 66.5 cm³/mol. The minimum atomic E-state index is -0.124. The Bertz CT molecular complexity index is 369. The van der Waals surface area contributed by atoms with Crippen molar-refractivity contribution in [3.8, 4) is 0 Å². The van der Waals surface area contributed by atoms with Gasteiger partial charge in [-0.2, -0.15) is 0 Å². The van der Waals surface area contributed by atoms with Crippen LogP contribution >= 0.6 is 0 Å². The van der Waals surface area contributed by atoms with Crippen molar-refractivity contribution >= 4 is 11.6 Å². The Labute approximate surface area is 101 Å². The van der Waals surface area contributed by atoms with Crippen molar-refractivity contribution in [1.29, 1.82) is 0 Å². The molecule has 0 spiro atoms. The van der Waals surface area contributed by atoms with Crippen molar-refractivity contribution in [1.82, 2.24) is 9.88 Å². The van der Waals surface area contributed by atoms with E-state index in [1.807, 2.05) is 0 Å². The number of nitrogen functional groups attached to an aromatic ring is 1. The predicted octanol–water partition coefficient (Wildman–Crippen LogP) is 0.898. The van der Waals surface area contributed by atoms with Crippen LogP contribution in [0.1, 0.15) is 29.8 Å². The van der Waals surface area contributed by atoms with E-state index in [4.69, 9.17) is 10.8 Å². The largest absolute Gasteiger partial charge is 0.399 e. The van der Waals surface area contributed by atoms with E-state index < -0.39 is 0 Å². The van der Waals surface area contributed by atoms with Gasteiger partial charge in [0, 0.05) is 32.1 Å². The molecule has 3 N–H and O–H groups in total. The van der Waals surface area contributed by atoms with Crippen molar-refractivity contribution in [3.63, 3.8) is 0 Å². The highest BCUT2D eigenvalue weighted by Crippen LogP contribution is 2.06. The van der Waals surface area contributed by atoms with Gasteiger partial charge in [0.1, 0.15) is 5.69 Å². The van der Waals surface area contributed by atoms with E-state index in [0.717, 1.165) is 19.3 Å². The maximum Gasteiger partial charge on any atom is 0.272 e. The second-order valence-electron chi connectivity index (χ2n) is 3.99. The van der Waals surface area contributed by atoms with Crippen molar-refractivity contribution < 1.29 is 9.90 Å². The summed E-state index contributed by atoms with van der Waals surface area (Å²) in [5.41, 5.74) is 6.51. The molecule has 0 saturated carbocycles. The second kappa shape index (κ2) is 6.85. The molecule has 17 heavy (non-hydrogen) atoms. The first-order valence-electron chi connectivity index (χ1n) is 5.73. The molecule has 5 heteroatoms. The molecule has 1 amide bonds. The number of aliphatic hydroxyl groups is 1. The van der Waals surface area contributed by atoms with E-state index in [2.05, 4.69) is 4.98 Å². The quantitative estimate of drug-likeness (QED) is 0.720. The highest BCUT2D eigenvalue weighted by atomic mass is 16.2. The topological polar surface area (TPSA) is 79.5 Å². The lowest BCUT2D eigenvalue weighted by Gasteiger charge is -2.16. The van der Waals surface area contributed by atoms with E-state index in [0.29, 0.717) is 17.9 Å². The molecule has 0 aliphatic rings. The zero-order valence-corrected chi connectivity index (χ0v) is 10.1. The normalized spacial score (nSPS) is 10.2. The Hall–Kier alpha value is -1.62. The monoisotopic (exact) mass is 237 g/mol. The number of anilines is 1. The van der Waals surface area contributed by atoms with Crippen molar-refractivity contribution in [2.45, 2.75) is 19.3 Å². The first kappa shape index (κ1) is 13.4. The Balaban J connectivity index is 2.46. The number of nitrogens with zero attached hydrogens (tertiary/aromatic N) is 2. The van der Waals surface area contributed by atoms with Gasteiger partial charge in [-0.1, -0.05) is 0 Å². The molecule has 0 aliphatic carbocycles. The van der Waals surface area contributed by atoms with Crippen LogP contribution in [0.5, 0.6) is 0 Å². The number of carbonyl (C=O) groups is 1. The number of aromatic nitrogens is 1. The lowest BCUT2D eigenvalue weighted by Crippen LogP contribution is -2.28.